The lowest BCUT2D eigenvalue weighted by Crippen LogP contribution is -2.44. The second-order valence-electron chi connectivity index (χ2n) is 27.4. The summed E-state index contributed by atoms with van der Waals surface area (Å²) in [6, 6.07) is 111. The lowest BCUT2D eigenvalue weighted by molar-refractivity contribution is 0.286. The van der Waals surface area contributed by atoms with Gasteiger partial charge < -0.3 is 9.80 Å². The number of fused-ring (bicyclic) bond motifs is 16. The Bertz CT molecular complexity index is 5250. The molecule has 0 heterocycles. The van der Waals surface area contributed by atoms with E-state index in [4.69, 9.17) is 0 Å². The van der Waals surface area contributed by atoms with E-state index in [9.17, 15) is 0 Å². The van der Waals surface area contributed by atoms with Crippen molar-refractivity contribution in [2.75, 3.05) is 16.3 Å². The molecule has 0 aliphatic heterocycles. The molecule has 0 bridgehead atoms. The Morgan fingerprint density at radius 1 is 0.406 bits per heavy atom. The highest BCUT2D eigenvalue weighted by Crippen LogP contribution is 2.69. The Kier molecular flexibility index (Phi) is 13.2. The minimum absolute atomic E-state index is 0.0931. The average Bonchev–Trinajstić information content (AvgIpc) is 1.50. The maximum absolute atomic E-state index is 4.17. The molecule has 6 aliphatic rings. The van der Waals surface area contributed by atoms with Gasteiger partial charge in [-0.05, 0) is 184 Å². The molecule has 12 aromatic carbocycles. The summed E-state index contributed by atoms with van der Waals surface area (Å²) in [6.45, 7) is 13.9. The minimum Gasteiger partial charge on any atom is -0.337 e. The zero-order valence-corrected chi connectivity index (χ0v) is 54.2. The highest BCUT2D eigenvalue weighted by atomic mass is 15.2. The third-order valence-electron chi connectivity index (χ3n) is 22.6. The molecule has 6 aliphatic carbocycles. The van der Waals surface area contributed by atoms with Crippen LogP contribution in [0.15, 0.2) is 352 Å². The van der Waals surface area contributed by atoms with Gasteiger partial charge in [0.2, 0.25) is 0 Å². The van der Waals surface area contributed by atoms with Crippen molar-refractivity contribution in [1.29, 1.82) is 0 Å². The number of anilines is 4. The van der Waals surface area contributed by atoms with Crippen molar-refractivity contribution in [3.8, 4) is 33.4 Å². The summed E-state index contributed by atoms with van der Waals surface area (Å²) in [6.07, 6.45) is 19.7. The van der Waals surface area contributed by atoms with Gasteiger partial charge in [-0.2, -0.15) is 0 Å². The maximum Gasteiger partial charge on any atom is 0.0727 e. The van der Waals surface area contributed by atoms with Gasteiger partial charge in [0.05, 0.1) is 16.2 Å². The fraction of sp³-hybridized carbons (Fsp3) is 0.106. The molecule has 458 valence electrons. The summed E-state index contributed by atoms with van der Waals surface area (Å²) in [4.78, 5) is 5.15. The molecule has 12 aromatic rings. The predicted octanol–water partition coefficient (Wildman–Crippen LogP) is 23.1. The minimum atomic E-state index is -0.670. The monoisotopic (exact) mass is 1230 g/mol. The molecule has 6 atom stereocenters. The smallest absolute Gasteiger partial charge is 0.0727 e. The summed E-state index contributed by atoms with van der Waals surface area (Å²) >= 11 is 0. The van der Waals surface area contributed by atoms with E-state index in [1.165, 1.54) is 106 Å². The van der Waals surface area contributed by atoms with Crippen molar-refractivity contribution >= 4 is 34.9 Å². The lowest BCUT2D eigenvalue weighted by Gasteiger charge is -2.48. The van der Waals surface area contributed by atoms with Crippen molar-refractivity contribution < 1.29 is 0 Å². The Morgan fingerprint density at radius 2 is 0.844 bits per heavy atom. The van der Waals surface area contributed by atoms with Crippen LogP contribution in [0.4, 0.5) is 22.7 Å². The number of para-hydroxylation sites is 1. The molecule has 2 nitrogen and oxygen atoms in total. The first kappa shape index (κ1) is 57.4. The van der Waals surface area contributed by atoms with Crippen molar-refractivity contribution in [2.45, 2.75) is 42.4 Å². The van der Waals surface area contributed by atoms with Gasteiger partial charge in [0.1, 0.15) is 0 Å². The Hall–Kier alpha value is -11.3. The number of rotatable bonds is 13. The van der Waals surface area contributed by atoms with E-state index in [-0.39, 0.29) is 5.92 Å². The summed E-state index contributed by atoms with van der Waals surface area (Å²) in [5.41, 5.74) is 30.0. The molecule has 1 spiro atoms. The molecule has 0 fully saturated rings. The van der Waals surface area contributed by atoms with Crippen LogP contribution < -0.4 is 9.80 Å². The predicted molar refractivity (Wildman–Crippen MR) is 401 cm³/mol. The average molecular weight is 1230 g/mol. The zero-order chi connectivity index (χ0) is 64.3. The summed E-state index contributed by atoms with van der Waals surface area (Å²) in [5.74, 6) is 0.523. The molecule has 96 heavy (non-hydrogen) atoms. The van der Waals surface area contributed by atoms with Gasteiger partial charge in [0, 0.05) is 46.3 Å². The second-order valence-corrected chi connectivity index (χ2v) is 27.4. The lowest BCUT2D eigenvalue weighted by atomic mass is 9.54. The molecule has 0 saturated carbocycles. The highest BCUT2D eigenvalue weighted by molar-refractivity contribution is 5.97. The third-order valence-corrected chi connectivity index (χ3v) is 22.6. The van der Waals surface area contributed by atoms with E-state index < -0.39 is 21.7 Å². The van der Waals surface area contributed by atoms with Crippen LogP contribution in [-0.4, -0.2) is 6.54 Å². The fourth-order valence-electron chi connectivity index (χ4n) is 18.6. The zero-order valence-electron chi connectivity index (χ0n) is 54.2. The van der Waals surface area contributed by atoms with Gasteiger partial charge in [-0.15, -0.1) is 0 Å². The van der Waals surface area contributed by atoms with E-state index in [1.54, 1.807) is 0 Å². The summed E-state index contributed by atoms with van der Waals surface area (Å²) in [7, 11) is 0. The van der Waals surface area contributed by atoms with Gasteiger partial charge in [-0.1, -0.05) is 312 Å². The molecule has 0 radical (unpaired) electrons. The van der Waals surface area contributed by atoms with Crippen molar-refractivity contribution in [2.24, 2.45) is 11.3 Å². The first-order chi connectivity index (χ1) is 47.3. The quantitative estimate of drug-likeness (QED) is 0.114. The molecule has 0 saturated heterocycles. The van der Waals surface area contributed by atoms with Crippen LogP contribution in [0, 0.1) is 11.3 Å². The topological polar surface area (TPSA) is 6.48 Å². The van der Waals surface area contributed by atoms with Gasteiger partial charge in [-0.25, -0.2) is 0 Å². The molecule has 2 heteroatoms. The highest BCUT2D eigenvalue weighted by Gasteiger charge is 2.61. The summed E-state index contributed by atoms with van der Waals surface area (Å²) < 4.78 is 0. The number of hydrogen-bond donors (Lipinski definition) is 0. The maximum atomic E-state index is 4.17. The van der Waals surface area contributed by atoms with Gasteiger partial charge in [0.15, 0.2) is 0 Å². The number of nitrogens with zero attached hydrogens (tertiary/aromatic N) is 2. The fourth-order valence-corrected chi connectivity index (χ4v) is 18.6. The first-order valence-corrected chi connectivity index (χ1v) is 34.1. The van der Waals surface area contributed by atoms with E-state index >= 15 is 0 Å². The van der Waals surface area contributed by atoms with E-state index in [1.807, 2.05) is 12.2 Å². The molecular formula is C94H72N2. The van der Waals surface area contributed by atoms with Crippen LogP contribution in [0.25, 0.3) is 45.5 Å². The van der Waals surface area contributed by atoms with E-state index in [2.05, 4.69) is 364 Å². The SMILES string of the molecule is C=Cc1ccc(C2(c3ccccc3)c3ccccc3-c3ccc(N(CC4=CC(C)CC=C4)c4ccc5c(c4)C4(c6ccccc6-5)c5ccccc5-c5ccc(N(C6=CC7(C)C(C=C6)c6ccccc6C7(c6ccccc6)c6ccc(C=C)cc6)c6ccccc6)cc54)cc32)cc1. The van der Waals surface area contributed by atoms with Crippen molar-refractivity contribution in [3.05, 3.63) is 430 Å². The molecular weight excluding hydrogens is 1160 g/mol. The Morgan fingerprint density at radius 3 is 1.41 bits per heavy atom. The largest absolute Gasteiger partial charge is 0.337 e. The number of allylic oxidation sites excluding steroid dienone is 5. The van der Waals surface area contributed by atoms with E-state index in [0.29, 0.717) is 12.5 Å². The van der Waals surface area contributed by atoms with Crippen LogP contribution in [0.5, 0.6) is 0 Å². The van der Waals surface area contributed by atoms with Crippen LogP contribution in [-0.2, 0) is 16.2 Å². The van der Waals surface area contributed by atoms with Gasteiger partial charge in [0.25, 0.3) is 0 Å². The molecule has 18 rings (SSSR count). The van der Waals surface area contributed by atoms with Gasteiger partial charge in [-0.3, -0.25) is 0 Å². The molecule has 0 amide bonds. The molecule has 0 N–H and O–H groups in total. The Labute approximate surface area is 564 Å². The van der Waals surface area contributed by atoms with Gasteiger partial charge >= 0.3 is 0 Å². The molecule has 6 unspecified atom stereocenters. The first-order valence-electron chi connectivity index (χ1n) is 34.1. The molecule has 0 aromatic heterocycles. The number of hydrogen-bond acceptors (Lipinski definition) is 2. The van der Waals surface area contributed by atoms with Crippen LogP contribution in [0.1, 0.15) is 104 Å². The van der Waals surface area contributed by atoms with Crippen LogP contribution in [0.3, 0.4) is 0 Å². The number of benzene rings is 12. The standard InChI is InChI=1S/C94H72N2/c1-5-64-41-45-68(46-42-64)92(67-27-10-7-11-28-67)84-37-20-16-33-76(84)79-53-49-72(58-88(79)92)95(62-66-26-24-25-63(3)57-66)73-50-54-80-77-34-17-21-38-85(77)93(89(80)59-73)86-39-22-18-35-78(86)81-55-51-74(60-90(81)93)96(71-31-14-9-15-32-71)75-52-56-83-82-36-19-23-40-87(82)94(91(83,4)61-75,69-29-12-8-13-30-69)70-47-43-65(6-2)44-48-70/h5-24,26-61,63,83H,1-2,25,62H2,3-4H3. The second kappa shape index (κ2) is 22.2. The summed E-state index contributed by atoms with van der Waals surface area (Å²) in [5, 5.41) is 0. The Balaban J connectivity index is 0.843. The third kappa shape index (κ3) is 8.12. The van der Waals surface area contributed by atoms with Crippen molar-refractivity contribution in [1.82, 2.24) is 0 Å². The van der Waals surface area contributed by atoms with E-state index in [0.717, 1.165) is 46.0 Å². The van der Waals surface area contributed by atoms with Crippen molar-refractivity contribution in [3.63, 3.8) is 0 Å². The van der Waals surface area contributed by atoms with Crippen LogP contribution >= 0.6 is 0 Å². The normalized spacial score (nSPS) is 21.5. The van der Waals surface area contributed by atoms with Crippen LogP contribution in [0.2, 0.25) is 0 Å².